The van der Waals surface area contributed by atoms with Crippen molar-refractivity contribution < 1.29 is 13.2 Å². The van der Waals surface area contributed by atoms with E-state index in [1.807, 2.05) is 37.3 Å². The third-order valence-corrected chi connectivity index (χ3v) is 7.64. The van der Waals surface area contributed by atoms with Crippen LogP contribution < -0.4 is 5.73 Å². The average molecular weight is 380 g/mol. The lowest BCUT2D eigenvalue weighted by atomic mass is 10.00. The first kappa shape index (κ1) is 18.4. The largest absolute Gasteiger partial charge is 0.384 e. The summed E-state index contributed by atoms with van der Waals surface area (Å²) in [7, 11) is -1.97. The predicted molar refractivity (Wildman–Crippen MR) is 99.7 cm³/mol. The van der Waals surface area contributed by atoms with Crippen LogP contribution in [0.3, 0.4) is 0 Å². The van der Waals surface area contributed by atoms with Gasteiger partial charge in [0.15, 0.2) is 9.84 Å². The van der Waals surface area contributed by atoms with Crippen LogP contribution in [0.15, 0.2) is 53.4 Å². The zero-order valence-electron chi connectivity index (χ0n) is 14.3. The van der Waals surface area contributed by atoms with Gasteiger partial charge in [0.1, 0.15) is 0 Å². The summed E-state index contributed by atoms with van der Waals surface area (Å²) in [6.07, 6.45) is 0. The minimum absolute atomic E-state index is 0.230. The number of methoxy groups -OCH3 is 1. The number of nitrogens with two attached hydrogens (primary N) is 1. The molecule has 1 aliphatic rings. The number of halogens is 1. The molecule has 0 radical (unpaired) electrons. The summed E-state index contributed by atoms with van der Waals surface area (Å²) in [6, 6.07) is 14.3. The number of hydrogen-bond acceptors (Lipinski definition) is 4. The molecule has 0 saturated heterocycles. The van der Waals surface area contributed by atoms with E-state index < -0.39 is 20.5 Å². The number of aryl methyl sites for hydroxylation is 1. The summed E-state index contributed by atoms with van der Waals surface area (Å²) in [5, 5.41) is -0.0367. The van der Waals surface area contributed by atoms with E-state index in [4.69, 9.17) is 22.1 Å². The Hall–Kier alpha value is -1.40. The fourth-order valence-electron chi connectivity index (χ4n) is 3.77. The van der Waals surface area contributed by atoms with Crippen molar-refractivity contribution in [2.75, 3.05) is 20.3 Å². The highest BCUT2D eigenvalue weighted by atomic mass is 35.5. The molecule has 1 saturated carbocycles. The Morgan fingerprint density at radius 1 is 1.20 bits per heavy atom. The van der Waals surface area contributed by atoms with Crippen molar-refractivity contribution in [3.8, 4) is 0 Å². The van der Waals surface area contributed by atoms with Crippen LogP contribution in [0.4, 0.5) is 0 Å². The fourth-order valence-corrected chi connectivity index (χ4v) is 6.41. The Labute approximate surface area is 153 Å². The number of hydrogen-bond donors (Lipinski definition) is 1. The zero-order chi connectivity index (χ0) is 18.2. The van der Waals surface area contributed by atoms with Gasteiger partial charge in [-0.3, -0.25) is 0 Å². The summed E-state index contributed by atoms with van der Waals surface area (Å²) in [6.45, 7) is 2.45. The molecule has 3 rings (SSSR count). The molecule has 0 unspecified atom stereocenters. The molecular weight excluding hydrogens is 358 g/mol. The number of ether oxygens (including phenoxy) is 1. The molecule has 0 heterocycles. The van der Waals surface area contributed by atoms with E-state index in [2.05, 4.69) is 0 Å². The SMILES string of the molecule is COC[C@@]1(CN)[C@H](c2cccc(Cl)c2)[C@@H]1S(=O)(=O)c1ccc(C)cc1. The number of sulfone groups is 1. The second kappa shape index (κ2) is 6.72. The molecule has 1 aliphatic carbocycles. The summed E-state index contributed by atoms with van der Waals surface area (Å²) < 4.78 is 31.9. The first-order valence-electron chi connectivity index (χ1n) is 8.12. The van der Waals surface area contributed by atoms with Crippen molar-refractivity contribution in [3.05, 3.63) is 64.7 Å². The molecule has 0 aliphatic heterocycles. The lowest BCUT2D eigenvalue weighted by Crippen LogP contribution is -2.28. The second-order valence-corrected chi connectivity index (χ2v) is 9.19. The smallest absolute Gasteiger partial charge is 0.182 e. The normalized spacial score (nSPS) is 25.8. The molecule has 3 atom stereocenters. The van der Waals surface area contributed by atoms with Gasteiger partial charge < -0.3 is 10.5 Å². The number of rotatable bonds is 6. The van der Waals surface area contributed by atoms with Gasteiger partial charge in [0.25, 0.3) is 0 Å². The molecule has 4 nitrogen and oxygen atoms in total. The molecule has 2 N–H and O–H groups in total. The van der Waals surface area contributed by atoms with E-state index in [1.165, 1.54) is 0 Å². The maximum Gasteiger partial charge on any atom is 0.182 e. The van der Waals surface area contributed by atoms with Crippen LogP contribution in [0.25, 0.3) is 0 Å². The Morgan fingerprint density at radius 3 is 2.44 bits per heavy atom. The van der Waals surface area contributed by atoms with E-state index in [0.29, 0.717) is 9.92 Å². The van der Waals surface area contributed by atoms with Crippen molar-refractivity contribution in [3.63, 3.8) is 0 Å². The van der Waals surface area contributed by atoms with Gasteiger partial charge in [-0.05, 0) is 36.8 Å². The van der Waals surface area contributed by atoms with Gasteiger partial charge in [-0.25, -0.2) is 8.42 Å². The zero-order valence-corrected chi connectivity index (χ0v) is 15.8. The predicted octanol–water partition coefficient (Wildman–Crippen LogP) is 3.18. The second-order valence-electron chi connectivity index (χ2n) is 6.68. The maximum absolute atomic E-state index is 13.3. The van der Waals surface area contributed by atoms with Crippen LogP contribution in [-0.2, 0) is 14.6 Å². The lowest BCUT2D eigenvalue weighted by Gasteiger charge is -2.15. The Bertz CT molecular complexity index is 866. The molecule has 134 valence electrons. The Balaban J connectivity index is 2.07. The number of benzene rings is 2. The van der Waals surface area contributed by atoms with Crippen LogP contribution in [0, 0.1) is 12.3 Å². The topological polar surface area (TPSA) is 69.4 Å². The molecule has 25 heavy (non-hydrogen) atoms. The monoisotopic (exact) mass is 379 g/mol. The Morgan fingerprint density at radius 2 is 1.88 bits per heavy atom. The van der Waals surface area contributed by atoms with Crippen LogP contribution in [-0.4, -0.2) is 33.9 Å². The Kier molecular flexibility index (Phi) is 4.95. The third-order valence-electron chi connectivity index (χ3n) is 5.06. The van der Waals surface area contributed by atoms with Gasteiger partial charge >= 0.3 is 0 Å². The minimum Gasteiger partial charge on any atom is -0.384 e. The molecule has 0 aromatic heterocycles. The average Bonchev–Trinajstić information content (AvgIpc) is 3.26. The van der Waals surface area contributed by atoms with Crippen molar-refractivity contribution in [1.82, 2.24) is 0 Å². The van der Waals surface area contributed by atoms with Crippen LogP contribution in [0.1, 0.15) is 17.0 Å². The quantitative estimate of drug-likeness (QED) is 0.836. The molecule has 0 amide bonds. The van der Waals surface area contributed by atoms with Gasteiger partial charge in [0, 0.05) is 30.0 Å². The first-order chi connectivity index (χ1) is 11.9. The summed E-state index contributed by atoms with van der Waals surface area (Å²) in [5.41, 5.74) is 7.30. The van der Waals surface area contributed by atoms with Gasteiger partial charge in [-0.2, -0.15) is 0 Å². The van der Waals surface area contributed by atoms with Crippen LogP contribution >= 0.6 is 11.6 Å². The molecule has 6 heteroatoms. The van der Waals surface area contributed by atoms with E-state index in [-0.39, 0.29) is 19.1 Å². The maximum atomic E-state index is 13.3. The van der Waals surface area contributed by atoms with Crippen molar-refractivity contribution in [2.45, 2.75) is 23.0 Å². The van der Waals surface area contributed by atoms with Gasteiger partial charge in [-0.1, -0.05) is 41.4 Å². The van der Waals surface area contributed by atoms with Crippen LogP contribution in [0.5, 0.6) is 0 Å². The molecule has 1 fully saturated rings. The standard InChI is InChI=1S/C19H22ClNO3S/c1-13-6-8-16(9-7-13)25(22,23)18-17(19(18,11-21)12-24-2)14-4-3-5-15(20)10-14/h3-10,17-18H,11-12,21H2,1-2H3/t17-,18+,19+/m1/s1. The molecule has 0 spiro atoms. The van der Waals surface area contributed by atoms with Gasteiger partial charge in [-0.15, -0.1) is 0 Å². The molecule has 2 aromatic rings. The van der Waals surface area contributed by atoms with E-state index in [1.54, 1.807) is 25.3 Å². The molecule has 2 aromatic carbocycles. The fraction of sp³-hybridized carbons (Fsp3) is 0.368. The van der Waals surface area contributed by atoms with Crippen molar-refractivity contribution in [1.29, 1.82) is 0 Å². The van der Waals surface area contributed by atoms with Crippen molar-refractivity contribution in [2.24, 2.45) is 11.1 Å². The van der Waals surface area contributed by atoms with Crippen LogP contribution in [0.2, 0.25) is 5.02 Å². The van der Waals surface area contributed by atoms with E-state index in [0.717, 1.165) is 11.1 Å². The first-order valence-corrected chi connectivity index (χ1v) is 10.0. The third kappa shape index (κ3) is 3.10. The highest BCUT2D eigenvalue weighted by molar-refractivity contribution is 7.92. The summed E-state index contributed by atoms with van der Waals surface area (Å²) >= 11 is 6.11. The lowest BCUT2D eigenvalue weighted by molar-refractivity contribution is 0.142. The van der Waals surface area contributed by atoms with E-state index in [9.17, 15) is 8.42 Å². The van der Waals surface area contributed by atoms with E-state index >= 15 is 0 Å². The molecular formula is C19H22ClNO3S. The summed E-state index contributed by atoms with van der Waals surface area (Å²) in [5.74, 6) is -0.234. The summed E-state index contributed by atoms with van der Waals surface area (Å²) in [4.78, 5) is 0.321. The highest BCUT2D eigenvalue weighted by Crippen LogP contribution is 2.63. The minimum atomic E-state index is -3.54. The van der Waals surface area contributed by atoms with Crippen molar-refractivity contribution >= 4 is 21.4 Å². The van der Waals surface area contributed by atoms with Gasteiger partial charge in [0.2, 0.25) is 0 Å². The van der Waals surface area contributed by atoms with Gasteiger partial charge in [0.05, 0.1) is 16.8 Å². The highest BCUT2D eigenvalue weighted by Gasteiger charge is 2.70. The molecule has 0 bridgehead atoms.